The highest BCUT2D eigenvalue weighted by atomic mass is 16.2. The summed E-state index contributed by atoms with van der Waals surface area (Å²) in [5, 5.41) is 7.91. The molecule has 1 saturated carbocycles. The lowest BCUT2D eigenvalue weighted by atomic mass is 9.63. The van der Waals surface area contributed by atoms with E-state index in [0.717, 1.165) is 45.3 Å². The first-order chi connectivity index (χ1) is 11.3. The van der Waals surface area contributed by atoms with E-state index in [0.29, 0.717) is 6.54 Å². The van der Waals surface area contributed by atoms with Crippen molar-refractivity contribution in [3.05, 3.63) is 12.7 Å². The summed E-state index contributed by atoms with van der Waals surface area (Å²) >= 11 is 0. The number of hydrogen-bond acceptors (Lipinski definition) is 4. The molecule has 1 aromatic rings. The molecule has 1 aliphatic carbocycles. The molecule has 1 saturated heterocycles. The lowest BCUT2D eigenvalue weighted by Crippen LogP contribution is -2.57. The number of nitrogens with one attached hydrogen (secondary N) is 1. The maximum absolute atomic E-state index is 12.4. The predicted molar refractivity (Wildman–Crippen MR) is 93.4 cm³/mol. The second-order valence-electron chi connectivity index (χ2n) is 8.55. The molecule has 2 aliphatic rings. The summed E-state index contributed by atoms with van der Waals surface area (Å²) in [5.74, 6) is 0.245. The van der Waals surface area contributed by atoms with Gasteiger partial charge in [0.05, 0.1) is 6.54 Å². The van der Waals surface area contributed by atoms with Gasteiger partial charge in [-0.2, -0.15) is 5.10 Å². The Hall–Kier alpha value is -1.43. The molecule has 134 valence electrons. The van der Waals surface area contributed by atoms with Gasteiger partial charge in [-0.25, -0.2) is 4.98 Å². The summed E-state index contributed by atoms with van der Waals surface area (Å²) in [5.41, 5.74) is 0.0914. The Labute approximate surface area is 145 Å². The first-order valence-electron chi connectivity index (χ1n) is 9.13. The van der Waals surface area contributed by atoms with Crippen LogP contribution < -0.4 is 5.32 Å². The predicted octanol–water partition coefficient (Wildman–Crippen LogP) is 2.08. The van der Waals surface area contributed by atoms with E-state index in [4.69, 9.17) is 0 Å². The molecule has 2 unspecified atom stereocenters. The summed E-state index contributed by atoms with van der Waals surface area (Å²) < 4.78 is 1.93. The molecule has 1 amide bonds. The van der Waals surface area contributed by atoms with Crippen LogP contribution in [0.1, 0.15) is 53.4 Å². The Morgan fingerprint density at radius 2 is 1.88 bits per heavy atom. The maximum Gasteiger partial charge on any atom is 0.236 e. The molecule has 2 heterocycles. The second-order valence-corrected chi connectivity index (χ2v) is 8.55. The molecule has 1 N–H and O–H groups in total. The van der Waals surface area contributed by atoms with E-state index in [1.165, 1.54) is 0 Å². The zero-order valence-electron chi connectivity index (χ0n) is 15.5. The molecule has 1 aliphatic heterocycles. The van der Waals surface area contributed by atoms with Gasteiger partial charge in [0.2, 0.25) is 5.91 Å². The third-order valence-corrected chi connectivity index (χ3v) is 7.13. The number of aromatic nitrogens is 3. The topological polar surface area (TPSA) is 63.1 Å². The zero-order valence-corrected chi connectivity index (χ0v) is 15.5. The molecule has 24 heavy (non-hydrogen) atoms. The second kappa shape index (κ2) is 6.14. The van der Waals surface area contributed by atoms with Crippen LogP contribution in [0.2, 0.25) is 0 Å². The standard InChI is InChI=1S/C18H31N5O/c1-16(2)17(3,12-23-14-19-13-21-23)7-8-18(16,4)20-11-15(24)22-9-5-6-10-22/h13-14,20H,5-12H2,1-4H3. The maximum atomic E-state index is 12.4. The van der Waals surface area contributed by atoms with E-state index in [9.17, 15) is 4.79 Å². The molecule has 0 spiro atoms. The minimum Gasteiger partial charge on any atom is -0.342 e. The largest absolute Gasteiger partial charge is 0.342 e. The minimum absolute atomic E-state index is 0.0389. The van der Waals surface area contributed by atoms with Crippen LogP contribution in [0.15, 0.2) is 12.7 Å². The lowest BCUT2D eigenvalue weighted by molar-refractivity contribution is -0.129. The Morgan fingerprint density at radius 1 is 1.17 bits per heavy atom. The molecular weight excluding hydrogens is 302 g/mol. The van der Waals surface area contributed by atoms with Gasteiger partial charge in [0.15, 0.2) is 0 Å². The van der Waals surface area contributed by atoms with Gasteiger partial charge in [-0.05, 0) is 43.4 Å². The fourth-order valence-electron chi connectivity index (χ4n) is 4.42. The smallest absolute Gasteiger partial charge is 0.236 e. The molecule has 2 fully saturated rings. The molecule has 1 aromatic heterocycles. The highest BCUT2D eigenvalue weighted by Crippen LogP contribution is 2.58. The van der Waals surface area contributed by atoms with Crippen LogP contribution in [0, 0.1) is 10.8 Å². The SMILES string of the molecule is CC1(Cn2cncn2)CCC(C)(NCC(=O)N2CCCC2)C1(C)C. The fraction of sp³-hybridized carbons (Fsp3) is 0.833. The van der Waals surface area contributed by atoms with Gasteiger partial charge in [-0.15, -0.1) is 0 Å². The number of nitrogens with zero attached hydrogens (tertiary/aromatic N) is 4. The molecule has 3 rings (SSSR count). The number of hydrogen-bond donors (Lipinski definition) is 1. The van der Waals surface area contributed by atoms with Crippen molar-refractivity contribution in [3.8, 4) is 0 Å². The summed E-state index contributed by atoms with van der Waals surface area (Å²) in [7, 11) is 0. The number of carbonyl (C=O) groups excluding carboxylic acids is 1. The molecule has 0 radical (unpaired) electrons. The molecular formula is C18H31N5O. The van der Waals surface area contributed by atoms with Gasteiger partial charge in [0.1, 0.15) is 12.7 Å². The van der Waals surface area contributed by atoms with Gasteiger partial charge in [-0.1, -0.05) is 20.8 Å². The first kappa shape index (κ1) is 17.4. The number of amides is 1. The Bertz CT molecular complexity index is 578. The average molecular weight is 333 g/mol. The fourth-order valence-corrected chi connectivity index (χ4v) is 4.42. The third-order valence-electron chi connectivity index (χ3n) is 7.13. The highest BCUT2D eigenvalue weighted by Gasteiger charge is 2.58. The van der Waals surface area contributed by atoms with E-state index in [1.54, 1.807) is 12.7 Å². The summed E-state index contributed by atoms with van der Waals surface area (Å²) in [4.78, 5) is 18.5. The van der Waals surface area contributed by atoms with Crippen LogP contribution >= 0.6 is 0 Å². The van der Waals surface area contributed by atoms with Crippen LogP contribution in [-0.4, -0.2) is 50.7 Å². The van der Waals surface area contributed by atoms with E-state index in [1.807, 2.05) is 9.58 Å². The van der Waals surface area contributed by atoms with Crippen molar-refractivity contribution in [2.45, 2.75) is 65.5 Å². The third kappa shape index (κ3) is 2.85. The summed E-state index contributed by atoms with van der Waals surface area (Å²) in [6.45, 7) is 12.4. The van der Waals surface area contributed by atoms with Crippen LogP contribution in [0.5, 0.6) is 0 Å². The number of rotatable bonds is 5. The first-order valence-corrected chi connectivity index (χ1v) is 9.13. The summed E-state index contributed by atoms with van der Waals surface area (Å²) in [6, 6.07) is 0. The van der Waals surface area contributed by atoms with Crippen molar-refractivity contribution in [3.63, 3.8) is 0 Å². The Morgan fingerprint density at radius 3 is 2.50 bits per heavy atom. The Kier molecular flexibility index (Phi) is 4.45. The number of carbonyl (C=O) groups is 1. The van der Waals surface area contributed by atoms with E-state index in [2.05, 4.69) is 43.1 Å². The van der Waals surface area contributed by atoms with Gasteiger partial charge >= 0.3 is 0 Å². The minimum atomic E-state index is -0.0578. The molecule has 6 heteroatoms. The van der Waals surface area contributed by atoms with Crippen LogP contribution in [0.3, 0.4) is 0 Å². The van der Waals surface area contributed by atoms with Crippen LogP contribution in [0.4, 0.5) is 0 Å². The summed E-state index contributed by atoms with van der Waals surface area (Å²) in [6.07, 6.45) is 7.85. The van der Waals surface area contributed by atoms with Crippen molar-refractivity contribution < 1.29 is 4.79 Å². The van der Waals surface area contributed by atoms with Gasteiger partial charge in [-0.3, -0.25) is 9.48 Å². The van der Waals surface area contributed by atoms with Gasteiger partial charge in [0.25, 0.3) is 0 Å². The van der Waals surface area contributed by atoms with Gasteiger partial charge < -0.3 is 10.2 Å². The average Bonchev–Trinajstić information content (AvgIpc) is 3.25. The normalized spacial score (nSPS) is 32.4. The van der Waals surface area contributed by atoms with Crippen molar-refractivity contribution in [2.75, 3.05) is 19.6 Å². The molecule has 0 bridgehead atoms. The highest BCUT2D eigenvalue weighted by molar-refractivity contribution is 5.78. The van der Waals surface area contributed by atoms with E-state index >= 15 is 0 Å². The van der Waals surface area contributed by atoms with E-state index < -0.39 is 0 Å². The van der Waals surface area contributed by atoms with Crippen LogP contribution in [0.25, 0.3) is 0 Å². The van der Waals surface area contributed by atoms with Crippen molar-refractivity contribution >= 4 is 5.91 Å². The molecule has 0 aromatic carbocycles. The quantitative estimate of drug-likeness (QED) is 0.896. The number of likely N-dealkylation sites (tertiary alicyclic amines) is 1. The van der Waals surface area contributed by atoms with E-state index in [-0.39, 0.29) is 22.3 Å². The van der Waals surface area contributed by atoms with Crippen molar-refractivity contribution in [1.29, 1.82) is 0 Å². The molecule has 6 nitrogen and oxygen atoms in total. The Balaban J connectivity index is 1.67. The zero-order chi connectivity index (χ0) is 17.4. The van der Waals surface area contributed by atoms with Crippen molar-refractivity contribution in [2.24, 2.45) is 10.8 Å². The van der Waals surface area contributed by atoms with Gasteiger partial charge in [0, 0.05) is 25.2 Å². The monoisotopic (exact) mass is 333 g/mol. The van der Waals surface area contributed by atoms with Crippen molar-refractivity contribution in [1.82, 2.24) is 25.0 Å². The van der Waals surface area contributed by atoms with Crippen LogP contribution in [-0.2, 0) is 11.3 Å². The lowest BCUT2D eigenvalue weighted by Gasteiger charge is -2.48. The molecule has 2 atom stereocenters.